The molecular weight excluding hydrogens is 371 g/mol. The van der Waals surface area contributed by atoms with Crippen molar-refractivity contribution in [3.05, 3.63) is 38.3 Å². The molecular formula is C12H11BrF3N3OS. The predicted octanol–water partition coefficient (Wildman–Crippen LogP) is 3.35. The molecule has 1 amide bonds. The Morgan fingerprint density at radius 2 is 2.24 bits per heavy atom. The van der Waals surface area contributed by atoms with E-state index in [0.29, 0.717) is 6.54 Å². The Kier molecular flexibility index (Phi) is 4.72. The standard InChI is InChI=1S/C12H11BrF3N3OS/c1-7-10(13)11(12(14,15)16)18-19(7)6-9(20)17-5-8-3-2-4-21-8/h2-4H,5-6H2,1H3,(H,17,20). The molecule has 2 aromatic rings. The van der Waals surface area contributed by atoms with E-state index < -0.39 is 17.8 Å². The molecule has 0 fully saturated rings. The second-order valence-electron chi connectivity index (χ2n) is 4.26. The molecule has 21 heavy (non-hydrogen) atoms. The van der Waals surface area contributed by atoms with E-state index in [1.165, 1.54) is 18.3 Å². The number of halogens is 4. The number of carbonyl (C=O) groups is 1. The molecule has 0 aliphatic heterocycles. The average molecular weight is 382 g/mol. The van der Waals surface area contributed by atoms with Crippen LogP contribution in [0.3, 0.4) is 0 Å². The fourth-order valence-corrected chi connectivity index (χ4v) is 2.80. The number of hydrogen-bond acceptors (Lipinski definition) is 3. The Hall–Kier alpha value is -1.35. The molecule has 1 N–H and O–H groups in total. The van der Waals surface area contributed by atoms with E-state index in [1.54, 1.807) is 0 Å². The minimum absolute atomic E-state index is 0.138. The molecule has 0 saturated heterocycles. The fourth-order valence-electron chi connectivity index (χ4n) is 1.65. The van der Waals surface area contributed by atoms with Crippen LogP contribution in [0.2, 0.25) is 0 Å². The number of carbonyl (C=O) groups excluding carboxylic acids is 1. The first-order valence-corrected chi connectivity index (χ1v) is 7.55. The topological polar surface area (TPSA) is 46.9 Å². The van der Waals surface area contributed by atoms with Crippen molar-refractivity contribution in [1.82, 2.24) is 15.1 Å². The van der Waals surface area contributed by atoms with E-state index in [0.717, 1.165) is 9.56 Å². The van der Waals surface area contributed by atoms with Gasteiger partial charge in [0.05, 0.1) is 16.7 Å². The zero-order chi connectivity index (χ0) is 15.6. The molecule has 9 heteroatoms. The van der Waals surface area contributed by atoms with E-state index in [2.05, 4.69) is 26.3 Å². The van der Waals surface area contributed by atoms with Crippen LogP contribution in [0.25, 0.3) is 0 Å². The van der Waals surface area contributed by atoms with Crippen molar-refractivity contribution in [2.75, 3.05) is 0 Å². The highest BCUT2D eigenvalue weighted by Gasteiger charge is 2.38. The first-order valence-electron chi connectivity index (χ1n) is 5.88. The molecule has 0 aromatic carbocycles. The van der Waals surface area contributed by atoms with Crippen molar-refractivity contribution in [3.8, 4) is 0 Å². The lowest BCUT2D eigenvalue weighted by atomic mass is 10.3. The number of nitrogens with one attached hydrogen (secondary N) is 1. The molecule has 114 valence electrons. The van der Waals surface area contributed by atoms with Gasteiger partial charge in [0.15, 0.2) is 5.69 Å². The maximum atomic E-state index is 12.7. The van der Waals surface area contributed by atoms with Crippen molar-refractivity contribution >= 4 is 33.2 Å². The number of nitrogens with zero attached hydrogens (tertiary/aromatic N) is 2. The number of rotatable bonds is 4. The Morgan fingerprint density at radius 1 is 1.52 bits per heavy atom. The Morgan fingerprint density at radius 3 is 2.76 bits per heavy atom. The van der Waals surface area contributed by atoms with Crippen molar-refractivity contribution in [2.45, 2.75) is 26.2 Å². The summed E-state index contributed by atoms with van der Waals surface area (Å²) >= 11 is 4.35. The average Bonchev–Trinajstić information content (AvgIpc) is 2.99. The number of hydrogen-bond donors (Lipinski definition) is 1. The minimum atomic E-state index is -4.55. The molecule has 2 rings (SSSR count). The lowest BCUT2D eigenvalue weighted by Crippen LogP contribution is -2.27. The third-order valence-electron chi connectivity index (χ3n) is 2.74. The Labute approximate surface area is 131 Å². The highest BCUT2D eigenvalue weighted by molar-refractivity contribution is 9.10. The van der Waals surface area contributed by atoms with E-state index in [4.69, 9.17) is 0 Å². The summed E-state index contributed by atoms with van der Waals surface area (Å²) in [5.74, 6) is -0.393. The normalized spacial score (nSPS) is 11.7. The van der Waals surface area contributed by atoms with Crippen molar-refractivity contribution in [2.24, 2.45) is 0 Å². The van der Waals surface area contributed by atoms with Gasteiger partial charge in [-0.25, -0.2) is 0 Å². The van der Waals surface area contributed by atoms with Gasteiger partial charge in [-0.1, -0.05) is 6.07 Å². The molecule has 0 aliphatic rings. The summed E-state index contributed by atoms with van der Waals surface area (Å²) in [6.45, 7) is 1.56. The van der Waals surface area contributed by atoms with E-state index >= 15 is 0 Å². The lowest BCUT2D eigenvalue weighted by Gasteiger charge is -2.05. The van der Waals surface area contributed by atoms with Gasteiger partial charge < -0.3 is 5.32 Å². The Bertz CT molecular complexity index is 637. The zero-order valence-electron chi connectivity index (χ0n) is 10.9. The first-order chi connectivity index (χ1) is 9.79. The van der Waals surface area contributed by atoms with Gasteiger partial charge in [0.1, 0.15) is 6.54 Å². The number of amides is 1. The van der Waals surface area contributed by atoms with Crippen LogP contribution in [0.5, 0.6) is 0 Å². The van der Waals surface area contributed by atoms with E-state index in [-0.39, 0.29) is 16.7 Å². The highest BCUT2D eigenvalue weighted by Crippen LogP contribution is 2.35. The van der Waals surface area contributed by atoms with Crippen LogP contribution in [0.4, 0.5) is 13.2 Å². The molecule has 0 spiro atoms. The molecule has 2 aromatic heterocycles. The summed E-state index contributed by atoms with van der Waals surface area (Å²) in [7, 11) is 0. The quantitative estimate of drug-likeness (QED) is 0.882. The molecule has 2 heterocycles. The zero-order valence-corrected chi connectivity index (χ0v) is 13.3. The monoisotopic (exact) mass is 381 g/mol. The van der Waals surface area contributed by atoms with Crippen LogP contribution < -0.4 is 5.32 Å². The fraction of sp³-hybridized carbons (Fsp3) is 0.333. The lowest BCUT2D eigenvalue weighted by molar-refractivity contribution is -0.142. The molecule has 0 radical (unpaired) electrons. The number of aromatic nitrogens is 2. The third kappa shape index (κ3) is 3.85. The maximum Gasteiger partial charge on any atom is 0.436 e. The van der Waals surface area contributed by atoms with Crippen molar-refractivity contribution in [3.63, 3.8) is 0 Å². The summed E-state index contributed by atoms with van der Waals surface area (Å²) in [4.78, 5) is 12.7. The summed E-state index contributed by atoms with van der Waals surface area (Å²) in [5, 5.41) is 7.98. The van der Waals surface area contributed by atoms with Gasteiger partial charge >= 0.3 is 6.18 Å². The number of thiophene rings is 1. The number of alkyl halides is 3. The highest BCUT2D eigenvalue weighted by atomic mass is 79.9. The van der Waals surface area contributed by atoms with E-state index in [9.17, 15) is 18.0 Å². The van der Waals surface area contributed by atoms with Crippen LogP contribution in [0, 0.1) is 6.92 Å². The molecule has 0 atom stereocenters. The molecule has 0 bridgehead atoms. The smallest absolute Gasteiger partial charge is 0.350 e. The molecule has 0 unspecified atom stereocenters. The predicted molar refractivity (Wildman–Crippen MR) is 75.8 cm³/mol. The second-order valence-corrected chi connectivity index (χ2v) is 6.08. The van der Waals surface area contributed by atoms with Gasteiger partial charge in [-0.05, 0) is 34.3 Å². The summed E-state index contributed by atoms with van der Waals surface area (Å²) in [6.07, 6.45) is -4.55. The van der Waals surface area contributed by atoms with Crippen LogP contribution in [0.15, 0.2) is 22.0 Å². The van der Waals surface area contributed by atoms with Gasteiger partial charge in [0, 0.05) is 4.88 Å². The van der Waals surface area contributed by atoms with E-state index in [1.807, 2.05) is 17.5 Å². The summed E-state index contributed by atoms with van der Waals surface area (Å²) < 4.78 is 39.0. The van der Waals surface area contributed by atoms with Crippen molar-refractivity contribution < 1.29 is 18.0 Å². The van der Waals surface area contributed by atoms with Gasteiger partial charge in [0.2, 0.25) is 5.91 Å². The van der Waals surface area contributed by atoms with Crippen molar-refractivity contribution in [1.29, 1.82) is 0 Å². The third-order valence-corrected chi connectivity index (χ3v) is 4.56. The van der Waals surface area contributed by atoms with Gasteiger partial charge in [-0.3, -0.25) is 9.48 Å². The molecule has 0 saturated carbocycles. The van der Waals surface area contributed by atoms with Crippen LogP contribution >= 0.6 is 27.3 Å². The van der Waals surface area contributed by atoms with Crippen LogP contribution in [0.1, 0.15) is 16.3 Å². The maximum absolute atomic E-state index is 12.7. The van der Waals surface area contributed by atoms with Gasteiger partial charge in [0.25, 0.3) is 0 Å². The van der Waals surface area contributed by atoms with Gasteiger partial charge in [-0.2, -0.15) is 18.3 Å². The SMILES string of the molecule is Cc1c(Br)c(C(F)(F)F)nn1CC(=O)NCc1cccs1. The second kappa shape index (κ2) is 6.18. The summed E-state index contributed by atoms with van der Waals surface area (Å²) in [5.41, 5.74) is -0.764. The Balaban J connectivity index is 2.04. The minimum Gasteiger partial charge on any atom is -0.350 e. The van der Waals surface area contributed by atoms with Crippen LogP contribution in [-0.2, 0) is 24.1 Å². The molecule has 4 nitrogen and oxygen atoms in total. The van der Waals surface area contributed by atoms with Crippen LogP contribution in [-0.4, -0.2) is 15.7 Å². The largest absolute Gasteiger partial charge is 0.436 e. The van der Waals surface area contributed by atoms with Gasteiger partial charge in [-0.15, -0.1) is 11.3 Å². The molecule has 0 aliphatic carbocycles. The first kappa shape index (κ1) is 16.0. The summed E-state index contributed by atoms with van der Waals surface area (Å²) in [6, 6.07) is 3.72.